The summed E-state index contributed by atoms with van der Waals surface area (Å²) in [6.45, 7) is 0. The number of fused-ring (bicyclic) bond motifs is 1. The van der Waals surface area contributed by atoms with Crippen LogP contribution in [0.15, 0.2) is 53.3 Å². The number of benzene rings is 1. The quantitative estimate of drug-likeness (QED) is 0.697. The SMILES string of the molecule is NC(=S)c1cccnc1Nc1cccc2cc(Br)cnc12. The van der Waals surface area contributed by atoms with Gasteiger partial charge in [0.05, 0.1) is 16.8 Å². The van der Waals surface area contributed by atoms with Crippen LogP contribution in [-0.4, -0.2) is 15.0 Å². The van der Waals surface area contributed by atoms with Gasteiger partial charge < -0.3 is 11.1 Å². The van der Waals surface area contributed by atoms with Crippen molar-refractivity contribution in [2.24, 2.45) is 5.73 Å². The maximum absolute atomic E-state index is 5.73. The number of nitrogens with two attached hydrogens (primary N) is 1. The number of nitrogens with one attached hydrogen (secondary N) is 1. The van der Waals surface area contributed by atoms with Crippen LogP contribution < -0.4 is 11.1 Å². The zero-order valence-electron chi connectivity index (χ0n) is 10.9. The van der Waals surface area contributed by atoms with Crippen LogP contribution in [0.25, 0.3) is 10.9 Å². The maximum atomic E-state index is 5.73. The molecule has 3 N–H and O–H groups in total. The molecule has 21 heavy (non-hydrogen) atoms. The Hall–Kier alpha value is -2.05. The predicted molar refractivity (Wildman–Crippen MR) is 92.9 cm³/mol. The van der Waals surface area contributed by atoms with E-state index in [2.05, 4.69) is 31.2 Å². The van der Waals surface area contributed by atoms with Gasteiger partial charge in [0, 0.05) is 22.3 Å². The van der Waals surface area contributed by atoms with Crippen LogP contribution in [0.1, 0.15) is 5.56 Å². The third-order valence-electron chi connectivity index (χ3n) is 3.00. The van der Waals surface area contributed by atoms with Gasteiger partial charge in [0.15, 0.2) is 0 Å². The second-order valence-electron chi connectivity index (χ2n) is 4.42. The average molecular weight is 359 g/mol. The first-order valence-electron chi connectivity index (χ1n) is 6.21. The Kier molecular flexibility index (Phi) is 3.81. The van der Waals surface area contributed by atoms with Crippen LogP contribution in [-0.2, 0) is 0 Å². The first-order valence-corrected chi connectivity index (χ1v) is 7.41. The molecule has 0 saturated heterocycles. The number of thiocarbonyl (C=S) groups is 1. The van der Waals surface area contributed by atoms with Crippen molar-refractivity contribution in [1.82, 2.24) is 9.97 Å². The highest BCUT2D eigenvalue weighted by atomic mass is 79.9. The van der Waals surface area contributed by atoms with Crippen molar-refractivity contribution in [2.75, 3.05) is 5.32 Å². The van der Waals surface area contributed by atoms with E-state index >= 15 is 0 Å². The molecule has 0 spiro atoms. The van der Waals surface area contributed by atoms with Gasteiger partial charge in [-0.15, -0.1) is 0 Å². The lowest BCUT2D eigenvalue weighted by atomic mass is 10.2. The monoisotopic (exact) mass is 358 g/mol. The molecule has 3 aromatic rings. The number of halogens is 1. The van der Waals surface area contributed by atoms with Gasteiger partial charge in [-0.1, -0.05) is 24.4 Å². The fourth-order valence-corrected chi connectivity index (χ4v) is 2.58. The summed E-state index contributed by atoms with van der Waals surface area (Å²) in [6, 6.07) is 11.6. The average Bonchev–Trinajstić information content (AvgIpc) is 2.47. The summed E-state index contributed by atoms with van der Waals surface area (Å²) in [5.74, 6) is 0.627. The van der Waals surface area contributed by atoms with E-state index in [-0.39, 0.29) is 0 Å². The molecule has 104 valence electrons. The van der Waals surface area contributed by atoms with E-state index in [0.29, 0.717) is 16.4 Å². The van der Waals surface area contributed by atoms with Crippen molar-refractivity contribution in [3.8, 4) is 0 Å². The Balaban J connectivity index is 2.09. The van der Waals surface area contributed by atoms with E-state index in [9.17, 15) is 0 Å². The van der Waals surface area contributed by atoms with Crippen LogP contribution in [0.3, 0.4) is 0 Å². The van der Waals surface area contributed by atoms with E-state index in [4.69, 9.17) is 18.0 Å². The summed E-state index contributed by atoms with van der Waals surface area (Å²) >= 11 is 8.48. The van der Waals surface area contributed by atoms with Gasteiger partial charge in [-0.3, -0.25) is 4.98 Å². The lowest BCUT2D eigenvalue weighted by Gasteiger charge is -2.11. The fraction of sp³-hybridized carbons (Fsp3) is 0. The van der Waals surface area contributed by atoms with E-state index < -0.39 is 0 Å². The summed E-state index contributed by atoms with van der Waals surface area (Å²) in [7, 11) is 0. The van der Waals surface area contributed by atoms with Crippen LogP contribution in [0.4, 0.5) is 11.5 Å². The van der Waals surface area contributed by atoms with Gasteiger partial charge in [-0.05, 0) is 40.2 Å². The third-order valence-corrected chi connectivity index (χ3v) is 3.66. The van der Waals surface area contributed by atoms with Crippen molar-refractivity contribution < 1.29 is 0 Å². The summed E-state index contributed by atoms with van der Waals surface area (Å²) in [6.07, 6.45) is 3.46. The molecule has 0 aliphatic carbocycles. The van der Waals surface area contributed by atoms with Gasteiger partial charge >= 0.3 is 0 Å². The molecule has 0 bridgehead atoms. The van der Waals surface area contributed by atoms with E-state index in [1.165, 1.54) is 0 Å². The number of nitrogens with zero attached hydrogens (tertiary/aromatic N) is 2. The maximum Gasteiger partial charge on any atom is 0.140 e. The van der Waals surface area contributed by atoms with Gasteiger partial charge in [-0.2, -0.15) is 0 Å². The van der Waals surface area contributed by atoms with Gasteiger partial charge in [-0.25, -0.2) is 4.98 Å². The number of para-hydroxylation sites is 1. The molecule has 0 unspecified atom stereocenters. The van der Waals surface area contributed by atoms with E-state index in [0.717, 1.165) is 21.1 Å². The Morgan fingerprint density at radius 2 is 2.05 bits per heavy atom. The molecule has 0 aliphatic rings. The number of pyridine rings is 2. The largest absolute Gasteiger partial charge is 0.389 e. The zero-order valence-corrected chi connectivity index (χ0v) is 13.3. The predicted octanol–water partition coefficient (Wildman–Crippen LogP) is 3.77. The minimum Gasteiger partial charge on any atom is -0.389 e. The second-order valence-corrected chi connectivity index (χ2v) is 5.78. The number of rotatable bonds is 3. The van der Waals surface area contributed by atoms with E-state index in [1.807, 2.05) is 30.3 Å². The minimum absolute atomic E-state index is 0.307. The van der Waals surface area contributed by atoms with Crippen molar-refractivity contribution in [3.05, 3.63) is 58.8 Å². The molecule has 0 amide bonds. The lowest BCUT2D eigenvalue weighted by Crippen LogP contribution is -2.12. The standard InChI is InChI=1S/C15H11BrN4S/c16-10-7-9-3-1-5-12(13(9)19-8-10)20-15-11(14(17)21)4-2-6-18-15/h1-8H,(H2,17,21)(H,18,20). The summed E-state index contributed by atoms with van der Waals surface area (Å²) in [4.78, 5) is 9.06. The van der Waals surface area contributed by atoms with Crippen LogP contribution in [0, 0.1) is 0 Å². The first kappa shape index (κ1) is 13.9. The lowest BCUT2D eigenvalue weighted by molar-refractivity contribution is 1.29. The number of anilines is 2. The van der Waals surface area contributed by atoms with Crippen molar-refractivity contribution >= 4 is 55.5 Å². The van der Waals surface area contributed by atoms with Gasteiger partial charge in [0.2, 0.25) is 0 Å². The molecule has 0 atom stereocenters. The molecular weight excluding hydrogens is 348 g/mol. The highest BCUT2D eigenvalue weighted by Gasteiger charge is 2.09. The normalized spacial score (nSPS) is 10.5. The Labute approximate surface area is 135 Å². The minimum atomic E-state index is 0.307. The van der Waals surface area contributed by atoms with Crippen molar-refractivity contribution in [3.63, 3.8) is 0 Å². The first-order chi connectivity index (χ1) is 10.1. The summed E-state index contributed by atoms with van der Waals surface area (Å²) in [5.41, 5.74) is 8.16. The topological polar surface area (TPSA) is 63.8 Å². The number of hydrogen-bond acceptors (Lipinski definition) is 4. The molecule has 0 fully saturated rings. The summed E-state index contributed by atoms with van der Waals surface area (Å²) < 4.78 is 0.939. The summed E-state index contributed by atoms with van der Waals surface area (Å²) in [5, 5.41) is 4.29. The van der Waals surface area contributed by atoms with Crippen LogP contribution in [0.5, 0.6) is 0 Å². The molecule has 1 aromatic carbocycles. The molecule has 3 rings (SSSR count). The molecule has 4 nitrogen and oxygen atoms in total. The Morgan fingerprint density at radius 3 is 2.86 bits per heavy atom. The Bertz CT molecular complexity index is 835. The molecule has 2 aromatic heterocycles. The zero-order chi connectivity index (χ0) is 14.8. The number of aromatic nitrogens is 2. The molecule has 0 saturated carbocycles. The fourth-order valence-electron chi connectivity index (χ4n) is 2.07. The molecule has 6 heteroatoms. The Morgan fingerprint density at radius 1 is 1.19 bits per heavy atom. The van der Waals surface area contributed by atoms with Crippen molar-refractivity contribution in [1.29, 1.82) is 0 Å². The molecule has 0 radical (unpaired) electrons. The molecule has 0 aliphatic heterocycles. The second kappa shape index (κ2) is 5.75. The third kappa shape index (κ3) is 2.86. The van der Waals surface area contributed by atoms with Crippen LogP contribution in [0.2, 0.25) is 0 Å². The smallest absolute Gasteiger partial charge is 0.140 e. The van der Waals surface area contributed by atoms with Crippen molar-refractivity contribution in [2.45, 2.75) is 0 Å². The van der Waals surface area contributed by atoms with Gasteiger partial charge in [0.1, 0.15) is 10.8 Å². The molecule has 2 heterocycles. The highest BCUT2D eigenvalue weighted by molar-refractivity contribution is 9.10. The molecular formula is C15H11BrN4S. The number of hydrogen-bond donors (Lipinski definition) is 2. The van der Waals surface area contributed by atoms with Crippen LogP contribution >= 0.6 is 28.1 Å². The van der Waals surface area contributed by atoms with E-state index in [1.54, 1.807) is 18.5 Å². The highest BCUT2D eigenvalue weighted by Crippen LogP contribution is 2.27. The van der Waals surface area contributed by atoms with Gasteiger partial charge in [0.25, 0.3) is 0 Å².